The van der Waals surface area contributed by atoms with Gasteiger partial charge in [-0.25, -0.2) is 0 Å². The Morgan fingerprint density at radius 2 is 1.04 bits per heavy atom. The number of hydrogen-bond acceptors (Lipinski definition) is 5. The summed E-state index contributed by atoms with van der Waals surface area (Å²) in [6, 6.07) is 76.5. The van der Waals surface area contributed by atoms with Crippen molar-refractivity contribution < 1.29 is 8.83 Å². The van der Waals surface area contributed by atoms with E-state index in [0.29, 0.717) is 11.8 Å². The highest BCUT2D eigenvalue weighted by molar-refractivity contribution is 7.27. The number of thiophene rings is 1. The van der Waals surface area contributed by atoms with Crippen molar-refractivity contribution in [1.29, 1.82) is 0 Å². The highest BCUT2D eigenvalue weighted by atomic mass is 32.1. The van der Waals surface area contributed by atoms with E-state index in [1.165, 1.54) is 96.1 Å². The number of para-hydroxylation sites is 3. The summed E-state index contributed by atoms with van der Waals surface area (Å²) < 4.78 is 16.3. The lowest BCUT2D eigenvalue weighted by Gasteiger charge is -2.27. The molecule has 0 N–H and O–H groups in total. The summed E-state index contributed by atoms with van der Waals surface area (Å²) in [5, 5.41) is 18.3. The van der Waals surface area contributed by atoms with Gasteiger partial charge in [-0.1, -0.05) is 172 Å². The standard InChI is InChI=1S/C74H50N2O2S/c1-43-24-35-54-48(38-43)28-27-47-30-32-50(40-63(47)54)76(66-21-11-19-61-70-44(2)12-9-23-68(70)78-73(61)66)52-34-37-60-69(42-52)79-74-59-36-33-51(41-64(59)55-15-5-6-17-57(55)71(60)74)75(65-20-10-18-58-56-16-7-8-22-67(56)77-72(58)65)49-31-29-46-26-25-45-13-3-4-14-53(45)62(46)39-49/h3-11,13-37,39-44H,12,38H2,1-2H3. The SMILES string of the molecule is CC1C=Cc2c(ccc3ccc(N(c4ccc5c(c4)sc4c6ccc(N(c7ccc8ccc9ccccc9c8c7)c7cccc8c7oc7ccccc78)cc6c6ccccc6c54)c4cccc5c6c(oc45)C=CCC6C)cc23)C1. The van der Waals surface area contributed by atoms with E-state index in [1.54, 1.807) is 0 Å². The zero-order valence-electron chi connectivity index (χ0n) is 43.6. The minimum atomic E-state index is 0.371. The summed E-state index contributed by atoms with van der Waals surface area (Å²) in [6.07, 6.45) is 11.2. The van der Waals surface area contributed by atoms with Crippen LogP contribution < -0.4 is 9.80 Å². The molecule has 0 saturated carbocycles. The Morgan fingerprint density at radius 3 is 1.85 bits per heavy atom. The number of benzene rings is 12. The van der Waals surface area contributed by atoms with Gasteiger partial charge in [0.2, 0.25) is 0 Å². The Hall–Kier alpha value is -9.42. The third kappa shape index (κ3) is 6.73. The topological polar surface area (TPSA) is 32.8 Å². The molecule has 0 aliphatic heterocycles. The molecule has 0 fully saturated rings. The van der Waals surface area contributed by atoms with Gasteiger partial charge >= 0.3 is 0 Å². The van der Waals surface area contributed by atoms with Gasteiger partial charge in [-0.3, -0.25) is 0 Å². The maximum Gasteiger partial charge on any atom is 0.159 e. The zero-order valence-corrected chi connectivity index (χ0v) is 44.4. The van der Waals surface area contributed by atoms with Gasteiger partial charge in [0.25, 0.3) is 0 Å². The molecule has 0 amide bonds. The molecule has 15 aromatic rings. The number of hydrogen-bond donors (Lipinski definition) is 0. The Balaban J connectivity index is 0.881. The average molecular weight is 1030 g/mol. The van der Waals surface area contributed by atoms with Crippen molar-refractivity contribution in [3.8, 4) is 0 Å². The Bertz CT molecular complexity index is 5170. The van der Waals surface area contributed by atoms with Crippen LogP contribution >= 0.6 is 11.3 Å². The third-order valence-electron chi connectivity index (χ3n) is 17.3. The van der Waals surface area contributed by atoms with Crippen LogP contribution in [0.2, 0.25) is 0 Å². The number of nitrogens with zero attached hydrogens (tertiary/aromatic N) is 2. The predicted molar refractivity (Wildman–Crippen MR) is 337 cm³/mol. The first-order chi connectivity index (χ1) is 39.0. The summed E-state index contributed by atoms with van der Waals surface area (Å²) in [6.45, 7) is 4.62. The molecule has 0 spiro atoms. The lowest BCUT2D eigenvalue weighted by atomic mass is 9.87. The number of anilines is 6. The van der Waals surface area contributed by atoms with Gasteiger partial charge in [-0.2, -0.15) is 0 Å². The van der Waals surface area contributed by atoms with Gasteiger partial charge in [0.1, 0.15) is 11.3 Å². The molecule has 2 aliphatic carbocycles. The van der Waals surface area contributed by atoms with Crippen molar-refractivity contribution in [3.05, 3.63) is 241 Å². The Morgan fingerprint density at radius 1 is 0.443 bits per heavy atom. The lowest BCUT2D eigenvalue weighted by Crippen LogP contribution is -2.10. The van der Waals surface area contributed by atoms with Crippen LogP contribution in [0.15, 0.2) is 227 Å². The van der Waals surface area contributed by atoms with Gasteiger partial charge < -0.3 is 18.6 Å². The van der Waals surface area contributed by atoms with E-state index in [4.69, 9.17) is 8.83 Å². The second-order valence-electron chi connectivity index (χ2n) is 22.0. The summed E-state index contributed by atoms with van der Waals surface area (Å²) in [5.74, 6) is 1.86. The molecule has 2 atom stereocenters. The van der Waals surface area contributed by atoms with E-state index in [1.807, 2.05) is 11.3 Å². The van der Waals surface area contributed by atoms with E-state index in [9.17, 15) is 0 Å². The van der Waals surface area contributed by atoms with E-state index in [0.717, 1.165) is 80.2 Å². The molecule has 12 aromatic carbocycles. The van der Waals surface area contributed by atoms with Gasteiger partial charge in [0.05, 0.1) is 11.4 Å². The molecule has 79 heavy (non-hydrogen) atoms. The second-order valence-corrected chi connectivity index (χ2v) is 23.1. The maximum absolute atomic E-state index is 6.95. The molecule has 3 aromatic heterocycles. The fourth-order valence-corrected chi connectivity index (χ4v) is 14.9. The van der Waals surface area contributed by atoms with Crippen molar-refractivity contribution in [2.75, 3.05) is 9.80 Å². The number of furan rings is 2. The normalized spacial score (nSPS) is 15.3. The summed E-state index contributed by atoms with van der Waals surface area (Å²) in [7, 11) is 0. The van der Waals surface area contributed by atoms with Crippen LogP contribution in [-0.2, 0) is 6.42 Å². The molecular formula is C74H50N2O2S. The molecule has 3 heterocycles. The van der Waals surface area contributed by atoms with Crippen LogP contribution in [0.5, 0.6) is 0 Å². The van der Waals surface area contributed by atoms with Gasteiger partial charge in [0.15, 0.2) is 11.2 Å². The third-order valence-corrected chi connectivity index (χ3v) is 18.5. The van der Waals surface area contributed by atoms with Crippen molar-refractivity contribution in [2.24, 2.45) is 5.92 Å². The minimum absolute atomic E-state index is 0.371. The average Bonchev–Trinajstić information content (AvgIpc) is 4.43. The van der Waals surface area contributed by atoms with Crippen LogP contribution in [-0.4, -0.2) is 0 Å². The second kappa shape index (κ2) is 17.0. The fraction of sp³-hybridized carbons (Fsp3) is 0.0811. The number of fused-ring (bicyclic) bond motifs is 20. The van der Waals surface area contributed by atoms with E-state index in [2.05, 4.69) is 254 Å². The maximum atomic E-state index is 6.95. The van der Waals surface area contributed by atoms with E-state index < -0.39 is 0 Å². The summed E-state index contributed by atoms with van der Waals surface area (Å²) in [4.78, 5) is 4.85. The Labute approximate surface area is 459 Å². The van der Waals surface area contributed by atoms with Crippen LogP contribution in [0.3, 0.4) is 0 Å². The van der Waals surface area contributed by atoms with Crippen LogP contribution in [0.4, 0.5) is 34.1 Å². The van der Waals surface area contributed by atoms with E-state index in [-0.39, 0.29) is 0 Å². The quantitative estimate of drug-likeness (QED) is 0.155. The first kappa shape index (κ1) is 44.7. The van der Waals surface area contributed by atoms with Gasteiger partial charge in [0, 0.05) is 70.0 Å². The largest absolute Gasteiger partial charge is 0.454 e. The van der Waals surface area contributed by atoms with Gasteiger partial charge in [-0.15, -0.1) is 11.3 Å². The number of allylic oxidation sites excluding steroid dienone is 2. The minimum Gasteiger partial charge on any atom is -0.454 e. The molecule has 5 heteroatoms. The highest BCUT2D eigenvalue weighted by Crippen LogP contribution is 2.51. The molecular weight excluding hydrogens is 981 g/mol. The molecule has 17 rings (SSSR count). The lowest BCUT2D eigenvalue weighted by molar-refractivity contribution is 0.586. The fourth-order valence-electron chi connectivity index (χ4n) is 13.6. The zero-order chi connectivity index (χ0) is 52.0. The van der Waals surface area contributed by atoms with Crippen molar-refractivity contribution in [3.63, 3.8) is 0 Å². The van der Waals surface area contributed by atoms with Crippen molar-refractivity contribution in [2.45, 2.75) is 32.6 Å². The summed E-state index contributed by atoms with van der Waals surface area (Å²) in [5.41, 5.74) is 13.0. The Kier molecular flexibility index (Phi) is 9.64. The first-order valence-corrected chi connectivity index (χ1v) is 28.5. The molecule has 0 bridgehead atoms. The van der Waals surface area contributed by atoms with Crippen molar-refractivity contribution in [1.82, 2.24) is 0 Å². The molecule has 374 valence electrons. The molecule has 0 radical (unpaired) electrons. The molecule has 0 saturated heterocycles. The predicted octanol–water partition coefficient (Wildman–Crippen LogP) is 22.1. The highest BCUT2D eigenvalue weighted by Gasteiger charge is 2.27. The first-order valence-electron chi connectivity index (χ1n) is 27.7. The smallest absolute Gasteiger partial charge is 0.159 e. The van der Waals surface area contributed by atoms with Crippen molar-refractivity contribution >= 4 is 165 Å². The van der Waals surface area contributed by atoms with Gasteiger partial charge in [-0.05, 0) is 157 Å². The molecule has 2 aliphatic rings. The number of rotatable bonds is 6. The molecule has 2 unspecified atom stereocenters. The van der Waals surface area contributed by atoms with Crippen LogP contribution in [0.25, 0.3) is 119 Å². The summed E-state index contributed by atoms with van der Waals surface area (Å²) >= 11 is 1.89. The van der Waals surface area contributed by atoms with Crippen LogP contribution in [0.1, 0.15) is 48.6 Å². The van der Waals surface area contributed by atoms with E-state index >= 15 is 0 Å². The monoisotopic (exact) mass is 1030 g/mol. The molecule has 4 nitrogen and oxygen atoms in total. The van der Waals surface area contributed by atoms with Crippen LogP contribution in [0, 0.1) is 5.92 Å².